The molecule has 3 rings (SSSR count). The molecule has 0 radical (unpaired) electrons. The van der Waals surface area contributed by atoms with Gasteiger partial charge in [-0.15, -0.1) is 0 Å². The Morgan fingerprint density at radius 2 is 2.04 bits per heavy atom. The largest absolute Gasteiger partial charge is 0.360 e. The quantitative estimate of drug-likeness (QED) is 0.829. The molecule has 0 aliphatic carbocycles. The second-order valence-electron chi connectivity index (χ2n) is 6.56. The number of hydrogen-bond acceptors (Lipinski definition) is 4. The Bertz CT molecular complexity index is 686. The molecular weight excluding hydrogens is 316 g/mol. The van der Waals surface area contributed by atoms with Crippen molar-refractivity contribution >= 4 is 5.91 Å². The first-order valence-electron chi connectivity index (χ1n) is 9.13. The first-order valence-corrected chi connectivity index (χ1v) is 9.13. The second kappa shape index (κ2) is 7.83. The highest BCUT2D eigenvalue weighted by molar-refractivity contribution is 5.86. The fraction of sp³-hybridized carbons (Fsp3) is 0.500. The highest BCUT2D eigenvalue weighted by Gasteiger charge is 2.44. The number of ether oxygens (including phenoxy) is 1. The predicted octanol–water partition coefficient (Wildman–Crippen LogP) is 3.90. The molecule has 1 atom stereocenters. The van der Waals surface area contributed by atoms with Gasteiger partial charge in [0.2, 0.25) is 0 Å². The Morgan fingerprint density at radius 1 is 1.28 bits per heavy atom. The minimum Gasteiger partial charge on any atom is -0.360 e. The third-order valence-corrected chi connectivity index (χ3v) is 5.03. The van der Waals surface area contributed by atoms with Crippen molar-refractivity contribution in [2.24, 2.45) is 0 Å². The summed E-state index contributed by atoms with van der Waals surface area (Å²) in [6.07, 6.45) is 3.63. The van der Waals surface area contributed by atoms with Crippen LogP contribution in [0.3, 0.4) is 0 Å². The maximum absolute atomic E-state index is 12.9. The number of amides is 1. The van der Waals surface area contributed by atoms with Gasteiger partial charge in [0.1, 0.15) is 0 Å². The van der Waals surface area contributed by atoms with Gasteiger partial charge in [0.25, 0.3) is 5.91 Å². The second-order valence-corrected chi connectivity index (χ2v) is 6.56. The summed E-state index contributed by atoms with van der Waals surface area (Å²) >= 11 is 0. The molecule has 1 aliphatic heterocycles. The van der Waals surface area contributed by atoms with Crippen molar-refractivity contribution in [1.29, 1.82) is 0 Å². The molecule has 0 saturated carbocycles. The van der Waals surface area contributed by atoms with Crippen molar-refractivity contribution in [3.63, 3.8) is 0 Å². The summed E-state index contributed by atoms with van der Waals surface area (Å²) in [6, 6.07) is 11.7. The highest BCUT2D eigenvalue weighted by atomic mass is 16.5. The van der Waals surface area contributed by atoms with Crippen LogP contribution in [0.25, 0.3) is 0 Å². The fourth-order valence-corrected chi connectivity index (χ4v) is 3.51. The van der Waals surface area contributed by atoms with E-state index in [0.29, 0.717) is 31.3 Å². The van der Waals surface area contributed by atoms with Crippen LogP contribution in [0.4, 0.5) is 0 Å². The molecular formula is C20H26N2O3. The van der Waals surface area contributed by atoms with E-state index in [1.54, 1.807) is 0 Å². The maximum Gasteiger partial charge on any atom is 0.257 e. The van der Waals surface area contributed by atoms with Gasteiger partial charge in [0.15, 0.2) is 11.4 Å². The molecule has 1 aromatic carbocycles. The summed E-state index contributed by atoms with van der Waals surface area (Å²) in [5.41, 5.74) is 0.976. The average molecular weight is 342 g/mol. The molecule has 2 aromatic rings. The van der Waals surface area contributed by atoms with Crippen LogP contribution >= 0.6 is 0 Å². The summed E-state index contributed by atoms with van der Waals surface area (Å²) in [5.74, 6) is 0.968. The molecule has 134 valence electrons. The lowest BCUT2D eigenvalue weighted by Gasteiger charge is -2.27. The minimum atomic E-state index is -0.889. The fourth-order valence-electron chi connectivity index (χ4n) is 3.51. The van der Waals surface area contributed by atoms with Gasteiger partial charge in [0, 0.05) is 18.6 Å². The van der Waals surface area contributed by atoms with E-state index in [-0.39, 0.29) is 5.91 Å². The van der Waals surface area contributed by atoms with E-state index < -0.39 is 5.60 Å². The van der Waals surface area contributed by atoms with E-state index in [0.717, 1.165) is 30.5 Å². The van der Waals surface area contributed by atoms with Crippen molar-refractivity contribution in [1.82, 2.24) is 10.5 Å². The van der Waals surface area contributed by atoms with E-state index in [1.165, 1.54) is 0 Å². The van der Waals surface area contributed by atoms with Crippen LogP contribution in [0.1, 0.15) is 62.5 Å². The normalized spacial score (nSPS) is 20.1. The number of rotatable bonds is 7. The van der Waals surface area contributed by atoms with E-state index >= 15 is 0 Å². The number of carbonyl (C=O) groups excluding carboxylic acids is 1. The molecule has 25 heavy (non-hydrogen) atoms. The summed E-state index contributed by atoms with van der Waals surface area (Å²) < 4.78 is 11.3. The lowest BCUT2D eigenvalue weighted by Crippen LogP contribution is -2.43. The summed E-state index contributed by atoms with van der Waals surface area (Å²) in [5, 5.41) is 7.12. The van der Waals surface area contributed by atoms with Crippen LogP contribution in [0.15, 0.2) is 40.9 Å². The van der Waals surface area contributed by atoms with Gasteiger partial charge in [-0.05, 0) is 31.2 Å². The molecule has 5 heteroatoms. The van der Waals surface area contributed by atoms with Crippen LogP contribution in [0.2, 0.25) is 0 Å². The zero-order chi connectivity index (χ0) is 17.7. The van der Waals surface area contributed by atoms with E-state index in [4.69, 9.17) is 9.26 Å². The first kappa shape index (κ1) is 17.7. The summed E-state index contributed by atoms with van der Waals surface area (Å²) in [7, 11) is 0. The molecule has 1 aromatic heterocycles. The molecule has 1 N–H and O–H groups in total. The average Bonchev–Trinajstić information content (AvgIpc) is 3.32. The number of nitrogens with one attached hydrogen (secondary N) is 1. The van der Waals surface area contributed by atoms with Gasteiger partial charge in [-0.1, -0.05) is 49.3 Å². The Kier molecular flexibility index (Phi) is 5.53. The predicted molar refractivity (Wildman–Crippen MR) is 95.0 cm³/mol. The lowest BCUT2D eigenvalue weighted by atomic mass is 9.90. The van der Waals surface area contributed by atoms with Crippen molar-refractivity contribution in [3.05, 3.63) is 53.4 Å². The monoisotopic (exact) mass is 342 g/mol. The van der Waals surface area contributed by atoms with Gasteiger partial charge in [-0.3, -0.25) is 4.79 Å². The zero-order valence-corrected chi connectivity index (χ0v) is 15.0. The Hall–Kier alpha value is -2.14. The molecule has 2 heterocycles. The third-order valence-electron chi connectivity index (χ3n) is 5.03. The highest BCUT2D eigenvalue weighted by Crippen LogP contribution is 2.36. The van der Waals surface area contributed by atoms with E-state index in [1.807, 2.05) is 36.4 Å². The lowest BCUT2D eigenvalue weighted by molar-refractivity contribution is -0.143. The SMILES string of the molecule is CCC(CC)c1cc(CNC(=O)C2(c3ccccc3)CCCO2)on1. The van der Waals surface area contributed by atoms with Crippen LogP contribution in [-0.4, -0.2) is 17.7 Å². The van der Waals surface area contributed by atoms with Crippen LogP contribution in [0, 0.1) is 0 Å². The van der Waals surface area contributed by atoms with Crippen LogP contribution < -0.4 is 5.32 Å². The smallest absolute Gasteiger partial charge is 0.257 e. The van der Waals surface area contributed by atoms with Crippen molar-refractivity contribution in [3.8, 4) is 0 Å². The molecule has 5 nitrogen and oxygen atoms in total. The number of hydrogen-bond donors (Lipinski definition) is 1. The molecule has 0 spiro atoms. The number of benzene rings is 1. The summed E-state index contributed by atoms with van der Waals surface area (Å²) in [6.45, 7) is 5.21. The Balaban J connectivity index is 1.69. The van der Waals surface area contributed by atoms with Crippen LogP contribution in [-0.2, 0) is 21.7 Å². The molecule has 1 aliphatic rings. The number of aromatic nitrogens is 1. The van der Waals surface area contributed by atoms with Crippen molar-refractivity contribution < 1.29 is 14.1 Å². The molecule has 0 bridgehead atoms. The van der Waals surface area contributed by atoms with Gasteiger partial charge in [-0.2, -0.15) is 0 Å². The Labute approximate surface area is 148 Å². The van der Waals surface area contributed by atoms with Crippen LogP contribution in [0.5, 0.6) is 0 Å². The zero-order valence-electron chi connectivity index (χ0n) is 15.0. The molecule has 1 amide bonds. The van der Waals surface area contributed by atoms with Crippen molar-refractivity contribution in [2.45, 2.75) is 57.6 Å². The molecule has 1 unspecified atom stereocenters. The minimum absolute atomic E-state index is 0.114. The van der Waals surface area contributed by atoms with Crippen molar-refractivity contribution in [2.75, 3.05) is 6.61 Å². The molecule has 1 saturated heterocycles. The van der Waals surface area contributed by atoms with E-state index in [9.17, 15) is 4.79 Å². The number of carbonyl (C=O) groups is 1. The third kappa shape index (κ3) is 3.61. The van der Waals surface area contributed by atoms with E-state index in [2.05, 4.69) is 24.3 Å². The van der Waals surface area contributed by atoms with Gasteiger partial charge in [0.05, 0.1) is 12.2 Å². The van der Waals surface area contributed by atoms with Gasteiger partial charge < -0.3 is 14.6 Å². The maximum atomic E-state index is 12.9. The van der Waals surface area contributed by atoms with Gasteiger partial charge in [-0.25, -0.2) is 0 Å². The number of nitrogens with zero attached hydrogens (tertiary/aromatic N) is 1. The summed E-state index contributed by atoms with van der Waals surface area (Å²) in [4.78, 5) is 12.9. The first-order chi connectivity index (χ1) is 12.2. The topological polar surface area (TPSA) is 64.4 Å². The standard InChI is InChI=1S/C20H26N2O3/c1-3-15(4-2)18-13-17(25-22-18)14-21-19(23)20(11-8-12-24-20)16-9-6-5-7-10-16/h5-7,9-10,13,15H,3-4,8,11-12,14H2,1-2H3,(H,21,23). The molecule has 1 fully saturated rings. The van der Waals surface area contributed by atoms with Gasteiger partial charge >= 0.3 is 0 Å². The Morgan fingerprint density at radius 3 is 2.68 bits per heavy atom.